The van der Waals surface area contributed by atoms with E-state index in [4.69, 9.17) is 9.47 Å². The van der Waals surface area contributed by atoms with E-state index in [2.05, 4.69) is 46.0 Å². The number of hydrogen-bond acceptors (Lipinski definition) is 4. The molecule has 0 saturated heterocycles. The second kappa shape index (κ2) is 12.2. The Morgan fingerprint density at radius 2 is 1.88 bits per heavy atom. The maximum absolute atomic E-state index is 5.48. The van der Waals surface area contributed by atoms with E-state index in [0.717, 1.165) is 32.1 Å². The fraction of sp³-hybridized carbons (Fsp3) is 0.650. The van der Waals surface area contributed by atoms with E-state index in [9.17, 15) is 0 Å². The molecule has 1 aromatic carbocycles. The van der Waals surface area contributed by atoms with E-state index in [0.29, 0.717) is 13.2 Å². The topological polar surface area (TPSA) is 54.9 Å². The van der Waals surface area contributed by atoms with Crippen LogP contribution in [0.4, 0.5) is 0 Å². The highest BCUT2D eigenvalue weighted by Crippen LogP contribution is 2.44. The van der Waals surface area contributed by atoms with Crippen LogP contribution in [-0.2, 0) is 9.47 Å². The monoisotopic (exact) mass is 379 g/mol. The van der Waals surface area contributed by atoms with Gasteiger partial charge in [0, 0.05) is 43.5 Å². The summed E-state index contributed by atoms with van der Waals surface area (Å²) in [4.78, 5) is 5.71. The lowest BCUT2D eigenvalue weighted by atomic mass is 10.1. The smallest absolute Gasteiger partial charge is 0.191 e. The zero-order valence-corrected chi connectivity index (χ0v) is 16.9. The summed E-state index contributed by atoms with van der Waals surface area (Å²) in [7, 11) is 3.52. The fourth-order valence-corrected chi connectivity index (χ4v) is 4.59. The fourth-order valence-electron chi connectivity index (χ4n) is 3.16. The molecule has 26 heavy (non-hydrogen) atoms. The lowest BCUT2D eigenvalue weighted by molar-refractivity contribution is 0.0698. The molecule has 0 aromatic heterocycles. The van der Waals surface area contributed by atoms with Crippen LogP contribution in [0.1, 0.15) is 32.1 Å². The Kier molecular flexibility index (Phi) is 9.89. The van der Waals surface area contributed by atoms with Gasteiger partial charge in [0.1, 0.15) is 0 Å². The summed E-state index contributed by atoms with van der Waals surface area (Å²) < 4.78 is 10.7. The number of aliphatic imine (C=N–C) groups is 1. The maximum atomic E-state index is 5.48. The molecule has 0 heterocycles. The van der Waals surface area contributed by atoms with Crippen molar-refractivity contribution in [1.82, 2.24) is 10.6 Å². The quantitative estimate of drug-likeness (QED) is 0.351. The largest absolute Gasteiger partial charge is 0.382 e. The normalized spacial score (nSPS) is 16.6. The number of benzene rings is 1. The number of methoxy groups -OCH3 is 1. The first-order valence-corrected chi connectivity index (χ1v) is 10.3. The van der Waals surface area contributed by atoms with Crippen LogP contribution < -0.4 is 10.6 Å². The average Bonchev–Trinajstić information content (AvgIpc) is 3.13. The molecule has 1 aromatic rings. The standard InChI is InChI=1S/C20H33N3O2S/c1-21-19(22-13-8-14-25-16-15-24-2)23-17-20(11-6-7-12-20)26-18-9-4-3-5-10-18/h3-5,9-10H,6-8,11-17H2,1-2H3,(H2,21,22,23). The molecule has 0 spiro atoms. The summed E-state index contributed by atoms with van der Waals surface area (Å²) in [6.45, 7) is 3.84. The van der Waals surface area contributed by atoms with Crippen LogP contribution in [0.2, 0.25) is 0 Å². The maximum Gasteiger partial charge on any atom is 0.191 e. The Morgan fingerprint density at radius 3 is 2.58 bits per heavy atom. The first-order valence-electron chi connectivity index (χ1n) is 9.53. The number of rotatable bonds is 11. The molecule has 0 bridgehead atoms. The first-order chi connectivity index (χ1) is 12.8. The minimum absolute atomic E-state index is 0.266. The molecule has 5 nitrogen and oxygen atoms in total. The molecule has 0 amide bonds. The zero-order chi connectivity index (χ0) is 18.5. The van der Waals surface area contributed by atoms with Crippen LogP contribution in [0.25, 0.3) is 0 Å². The summed E-state index contributed by atoms with van der Waals surface area (Å²) in [5, 5.41) is 6.92. The van der Waals surface area contributed by atoms with E-state index >= 15 is 0 Å². The van der Waals surface area contributed by atoms with Crippen molar-refractivity contribution in [3.05, 3.63) is 30.3 Å². The third-order valence-corrected chi connectivity index (χ3v) is 6.08. The third-order valence-electron chi connectivity index (χ3n) is 4.58. The van der Waals surface area contributed by atoms with Gasteiger partial charge in [-0.05, 0) is 31.4 Å². The molecule has 1 aliphatic rings. The first kappa shape index (κ1) is 21.1. The van der Waals surface area contributed by atoms with Crippen LogP contribution in [0.15, 0.2) is 40.2 Å². The van der Waals surface area contributed by atoms with E-state index in [1.807, 2.05) is 18.8 Å². The van der Waals surface area contributed by atoms with E-state index in [-0.39, 0.29) is 4.75 Å². The lowest BCUT2D eigenvalue weighted by Crippen LogP contribution is -2.45. The molecule has 0 unspecified atom stereocenters. The van der Waals surface area contributed by atoms with Crippen molar-refractivity contribution in [3.8, 4) is 0 Å². The van der Waals surface area contributed by atoms with Crippen LogP contribution in [0.5, 0.6) is 0 Å². The van der Waals surface area contributed by atoms with Gasteiger partial charge in [-0.25, -0.2) is 0 Å². The Bertz CT molecular complexity index is 519. The molecule has 6 heteroatoms. The lowest BCUT2D eigenvalue weighted by Gasteiger charge is -2.29. The van der Waals surface area contributed by atoms with Gasteiger partial charge in [0.25, 0.3) is 0 Å². The van der Waals surface area contributed by atoms with Crippen LogP contribution >= 0.6 is 11.8 Å². The molecule has 146 valence electrons. The van der Waals surface area contributed by atoms with Gasteiger partial charge in [-0.15, -0.1) is 11.8 Å². The summed E-state index contributed by atoms with van der Waals surface area (Å²) in [5.41, 5.74) is 0. The van der Waals surface area contributed by atoms with Crippen LogP contribution in [0.3, 0.4) is 0 Å². The second-order valence-electron chi connectivity index (χ2n) is 6.62. The van der Waals surface area contributed by atoms with Crippen molar-refractivity contribution in [2.45, 2.75) is 41.7 Å². The third kappa shape index (κ3) is 7.56. The predicted octanol–water partition coefficient (Wildman–Crippen LogP) is 3.31. The Balaban J connectivity index is 1.72. The van der Waals surface area contributed by atoms with Crippen molar-refractivity contribution < 1.29 is 9.47 Å². The number of ether oxygens (including phenoxy) is 2. The van der Waals surface area contributed by atoms with Crippen molar-refractivity contribution in [3.63, 3.8) is 0 Å². The highest BCUT2D eigenvalue weighted by molar-refractivity contribution is 8.00. The average molecular weight is 380 g/mol. The van der Waals surface area contributed by atoms with Crippen molar-refractivity contribution in [2.75, 3.05) is 47.1 Å². The molecular weight excluding hydrogens is 346 g/mol. The van der Waals surface area contributed by atoms with Gasteiger partial charge in [0.2, 0.25) is 0 Å². The van der Waals surface area contributed by atoms with Crippen LogP contribution in [-0.4, -0.2) is 57.8 Å². The number of guanidine groups is 1. The second-order valence-corrected chi connectivity index (χ2v) is 8.16. The van der Waals surface area contributed by atoms with Gasteiger partial charge < -0.3 is 20.1 Å². The van der Waals surface area contributed by atoms with Crippen molar-refractivity contribution in [1.29, 1.82) is 0 Å². The van der Waals surface area contributed by atoms with Crippen molar-refractivity contribution >= 4 is 17.7 Å². The minimum atomic E-state index is 0.266. The Morgan fingerprint density at radius 1 is 1.12 bits per heavy atom. The Labute approximate surface area is 162 Å². The van der Waals surface area contributed by atoms with Gasteiger partial charge in [0.15, 0.2) is 5.96 Å². The summed E-state index contributed by atoms with van der Waals surface area (Å²) in [5.74, 6) is 0.877. The molecule has 1 saturated carbocycles. The van der Waals surface area contributed by atoms with Crippen molar-refractivity contribution in [2.24, 2.45) is 4.99 Å². The van der Waals surface area contributed by atoms with Gasteiger partial charge in [0.05, 0.1) is 13.2 Å². The van der Waals surface area contributed by atoms with E-state index in [1.54, 1.807) is 7.11 Å². The zero-order valence-electron chi connectivity index (χ0n) is 16.1. The molecule has 2 N–H and O–H groups in total. The SMILES string of the molecule is CN=C(NCCCOCCOC)NCC1(Sc2ccccc2)CCCC1. The van der Waals surface area contributed by atoms with Gasteiger partial charge in [-0.1, -0.05) is 31.0 Å². The highest BCUT2D eigenvalue weighted by atomic mass is 32.2. The molecule has 0 aliphatic heterocycles. The molecule has 0 radical (unpaired) electrons. The summed E-state index contributed by atoms with van der Waals surface area (Å²) >= 11 is 2.01. The van der Waals surface area contributed by atoms with Gasteiger partial charge in [-0.3, -0.25) is 4.99 Å². The predicted molar refractivity (Wildman–Crippen MR) is 110 cm³/mol. The molecule has 2 rings (SSSR count). The van der Waals surface area contributed by atoms with E-state index in [1.165, 1.54) is 30.6 Å². The molecule has 0 atom stereocenters. The summed E-state index contributed by atoms with van der Waals surface area (Å²) in [6, 6.07) is 10.7. The Hall–Kier alpha value is -1.24. The number of nitrogens with zero attached hydrogens (tertiary/aromatic N) is 1. The van der Waals surface area contributed by atoms with E-state index < -0.39 is 0 Å². The minimum Gasteiger partial charge on any atom is -0.382 e. The van der Waals surface area contributed by atoms with Crippen LogP contribution in [0, 0.1) is 0 Å². The highest BCUT2D eigenvalue weighted by Gasteiger charge is 2.35. The molecule has 1 aliphatic carbocycles. The van der Waals surface area contributed by atoms with Gasteiger partial charge in [-0.2, -0.15) is 0 Å². The number of nitrogens with one attached hydrogen (secondary N) is 2. The number of thioether (sulfide) groups is 1. The summed E-state index contributed by atoms with van der Waals surface area (Å²) in [6.07, 6.45) is 6.08. The molecular formula is C20H33N3O2S. The number of hydrogen-bond donors (Lipinski definition) is 2. The van der Waals surface area contributed by atoms with Gasteiger partial charge >= 0.3 is 0 Å². The molecule has 1 fully saturated rings.